The number of hydrogen-bond donors (Lipinski definition) is 1. The van der Waals surface area contributed by atoms with Gasteiger partial charge in [-0.3, -0.25) is 9.59 Å². The summed E-state index contributed by atoms with van der Waals surface area (Å²) in [5.41, 5.74) is 3.25. The number of hydrogen-bond acceptors (Lipinski definition) is 3. The Kier molecular flexibility index (Phi) is 9.62. The number of rotatable bonds is 11. The standard InChI is InChI=1S/C31H36N2O2S/c1-24-11-10-14-26(21-24)23-33(30(34)19-20-36-28-17-6-3-7-18-28)29(22-25-12-4-2-5-13-25)31(35)32-27-15-8-9-16-27/h2-7,10-14,17-18,21,27,29H,8-9,15-16,19-20,22-23H2,1H3,(H,32,35)/t29-/m1/s1. The van der Waals surface area contributed by atoms with Crippen molar-refractivity contribution in [3.8, 4) is 0 Å². The van der Waals surface area contributed by atoms with Crippen molar-refractivity contribution in [3.63, 3.8) is 0 Å². The molecule has 0 radical (unpaired) electrons. The van der Waals surface area contributed by atoms with Crippen LogP contribution in [-0.2, 0) is 22.6 Å². The van der Waals surface area contributed by atoms with E-state index in [-0.39, 0.29) is 17.9 Å². The summed E-state index contributed by atoms with van der Waals surface area (Å²) in [4.78, 5) is 30.4. The van der Waals surface area contributed by atoms with Gasteiger partial charge in [-0.15, -0.1) is 11.8 Å². The maximum atomic E-state index is 13.7. The Hall–Kier alpha value is -3.05. The molecule has 2 amide bonds. The van der Waals surface area contributed by atoms with Crippen molar-refractivity contribution in [1.82, 2.24) is 10.2 Å². The average molecular weight is 501 g/mol. The van der Waals surface area contributed by atoms with Crippen LogP contribution in [0.25, 0.3) is 0 Å². The molecule has 1 N–H and O–H groups in total. The third kappa shape index (κ3) is 7.72. The number of aryl methyl sites for hydroxylation is 1. The van der Waals surface area contributed by atoms with Crippen molar-refractivity contribution in [3.05, 3.63) is 102 Å². The van der Waals surface area contributed by atoms with E-state index in [0.29, 0.717) is 25.1 Å². The molecule has 3 aromatic carbocycles. The summed E-state index contributed by atoms with van der Waals surface area (Å²) < 4.78 is 0. The zero-order chi connectivity index (χ0) is 25.2. The van der Waals surface area contributed by atoms with Gasteiger partial charge < -0.3 is 10.2 Å². The molecule has 5 heteroatoms. The first-order chi connectivity index (χ1) is 17.6. The highest BCUT2D eigenvalue weighted by atomic mass is 32.2. The lowest BCUT2D eigenvalue weighted by molar-refractivity contribution is -0.141. The molecule has 4 rings (SSSR count). The van der Waals surface area contributed by atoms with Gasteiger partial charge in [0.05, 0.1) is 0 Å². The normalized spacial score (nSPS) is 14.4. The van der Waals surface area contributed by atoms with E-state index in [0.717, 1.165) is 47.3 Å². The number of amides is 2. The van der Waals surface area contributed by atoms with Crippen LogP contribution in [0.3, 0.4) is 0 Å². The summed E-state index contributed by atoms with van der Waals surface area (Å²) >= 11 is 1.68. The molecule has 0 bridgehead atoms. The third-order valence-electron chi connectivity index (χ3n) is 6.74. The zero-order valence-corrected chi connectivity index (χ0v) is 21.9. The number of nitrogens with zero attached hydrogens (tertiary/aromatic N) is 1. The Bertz CT molecular complexity index is 1110. The van der Waals surface area contributed by atoms with Crippen LogP contribution in [-0.4, -0.2) is 34.6 Å². The monoisotopic (exact) mass is 500 g/mol. The van der Waals surface area contributed by atoms with Gasteiger partial charge in [0.25, 0.3) is 0 Å². The third-order valence-corrected chi connectivity index (χ3v) is 7.75. The summed E-state index contributed by atoms with van der Waals surface area (Å²) in [6, 6.07) is 28.1. The van der Waals surface area contributed by atoms with E-state index in [2.05, 4.69) is 36.5 Å². The quantitative estimate of drug-likeness (QED) is 0.320. The van der Waals surface area contributed by atoms with Gasteiger partial charge in [-0.05, 0) is 43.0 Å². The van der Waals surface area contributed by atoms with E-state index in [4.69, 9.17) is 0 Å². The average Bonchev–Trinajstić information content (AvgIpc) is 3.40. The first kappa shape index (κ1) is 26.0. The summed E-state index contributed by atoms with van der Waals surface area (Å²) in [5.74, 6) is 0.653. The molecule has 0 spiro atoms. The topological polar surface area (TPSA) is 49.4 Å². The van der Waals surface area contributed by atoms with Crippen molar-refractivity contribution in [1.29, 1.82) is 0 Å². The number of benzene rings is 3. The van der Waals surface area contributed by atoms with Crippen LogP contribution in [0.2, 0.25) is 0 Å². The minimum atomic E-state index is -0.553. The van der Waals surface area contributed by atoms with Crippen LogP contribution in [0.1, 0.15) is 48.8 Å². The lowest BCUT2D eigenvalue weighted by Crippen LogP contribution is -2.52. The fourth-order valence-corrected chi connectivity index (χ4v) is 5.71. The molecule has 0 unspecified atom stereocenters. The molecule has 0 aromatic heterocycles. The summed E-state index contributed by atoms with van der Waals surface area (Å²) in [7, 11) is 0. The molecule has 1 aliphatic carbocycles. The van der Waals surface area contributed by atoms with Gasteiger partial charge in [0.15, 0.2) is 0 Å². The van der Waals surface area contributed by atoms with Gasteiger partial charge in [-0.25, -0.2) is 0 Å². The maximum Gasteiger partial charge on any atom is 0.243 e. The van der Waals surface area contributed by atoms with E-state index in [1.165, 1.54) is 0 Å². The summed E-state index contributed by atoms with van der Waals surface area (Å²) in [5, 5.41) is 3.28. The Balaban J connectivity index is 1.56. The van der Waals surface area contributed by atoms with E-state index in [1.807, 2.05) is 65.6 Å². The van der Waals surface area contributed by atoms with E-state index < -0.39 is 6.04 Å². The molecular formula is C31H36N2O2S. The predicted molar refractivity (Wildman–Crippen MR) is 148 cm³/mol. The Labute approximate surface area is 219 Å². The number of carbonyl (C=O) groups is 2. The largest absolute Gasteiger partial charge is 0.352 e. The molecule has 1 atom stereocenters. The highest BCUT2D eigenvalue weighted by Crippen LogP contribution is 2.22. The maximum absolute atomic E-state index is 13.7. The second-order valence-corrected chi connectivity index (χ2v) is 10.8. The van der Waals surface area contributed by atoms with Crippen molar-refractivity contribution in [2.24, 2.45) is 0 Å². The van der Waals surface area contributed by atoms with E-state index in [9.17, 15) is 9.59 Å². The Morgan fingerprint density at radius 2 is 1.58 bits per heavy atom. The van der Waals surface area contributed by atoms with Gasteiger partial charge in [0.2, 0.25) is 11.8 Å². The van der Waals surface area contributed by atoms with E-state index >= 15 is 0 Å². The first-order valence-electron chi connectivity index (χ1n) is 13.0. The molecule has 0 saturated heterocycles. The van der Waals surface area contributed by atoms with Crippen LogP contribution in [0.5, 0.6) is 0 Å². The molecule has 1 fully saturated rings. The van der Waals surface area contributed by atoms with Crippen molar-refractivity contribution in [2.45, 2.75) is 69.0 Å². The number of thioether (sulfide) groups is 1. The van der Waals surface area contributed by atoms with Crippen molar-refractivity contribution >= 4 is 23.6 Å². The molecule has 0 heterocycles. The lowest BCUT2D eigenvalue weighted by Gasteiger charge is -2.32. The first-order valence-corrected chi connectivity index (χ1v) is 13.9. The van der Waals surface area contributed by atoms with Crippen molar-refractivity contribution in [2.75, 3.05) is 5.75 Å². The minimum absolute atomic E-state index is 0.0161. The molecule has 1 saturated carbocycles. The van der Waals surface area contributed by atoms with E-state index in [1.54, 1.807) is 11.8 Å². The predicted octanol–water partition coefficient (Wildman–Crippen LogP) is 6.18. The highest BCUT2D eigenvalue weighted by Gasteiger charge is 2.32. The lowest BCUT2D eigenvalue weighted by atomic mass is 10.0. The summed E-state index contributed by atoms with van der Waals surface area (Å²) in [6.45, 7) is 2.48. The summed E-state index contributed by atoms with van der Waals surface area (Å²) in [6.07, 6.45) is 5.22. The van der Waals surface area contributed by atoms with Crippen molar-refractivity contribution < 1.29 is 9.59 Å². The van der Waals surface area contributed by atoms with Gasteiger partial charge in [0.1, 0.15) is 6.04 Å². The molecule has 188 valence electrons. The van der Waals surface area contributed by atoms with Crippen LogP contribution in [0, 0.1) is 6.92 Å². The molecule has 36 heavy (non-hydrogen) atoms. The van der Waals surface area contributed by atoms with Gasteiger partial charge in [-0.1, -0.05) is 91.2 Å². The molecule has 0 aliphatic heterocycles. The van der Waals surface area contributed by atoms with Gasteiger partial charge >= 0.3 is 0 Å². The fourth-order valence-electron chi connectivity index (χ4n) is 4.85. The van der Waals surface area contributed by atoms with Crippen LogP contribution in [0.4, 0.5) is 0 Å². The fraction of sp³-hybridized carbons (Fsp3) is 0.355. The molecule has 1 aliphatic rings. The highest BCUT2D eigenvalue weighted by molar-refractivity contribution is 7.99. The zero-order valence-electron chi connectivity index (χ0n) is 21.1. The smallest absolute Gasteiger partial charge is 0.243 e. The molecule has 4 nitrogen and oxygen atoms in total. The van der Waals surface area contributed by atoms with Gasteiger partial charge in [0, 0.05) is 36.1 Å². The Morgan fingerprint density at radius 1 is 0.917 bits per heavy atom. The number of carbonyl (C=O) groups excluding carboxylic acids is 2. The van der Waals surface area contributed by atoms with Crippen LogP contribution >= 0.6 is 11.8 Å². The number of nitrogens with one attached hydrogen (secondary N) is 1. The molecule has 3 aromatic rings. The SMILES string of the molecule is Cc1cccc(CN(C(=O)CCSc2ccccc2)[C@H](Cc2ccccc2)C(=O)NC2CCCC2)c1. The molecular weight excluding hydrogens is 464 g/mol. The Morgan fingerprint density at radius 3 is 2.28 bits per heavy atom. The minimum Gasteiger partial charge on any atom is -0.352 e. The van der Waals surface area contributed by atoms with Crippen LogP contribution in [0.15, 0.2) is 89.8 Å². The van der Waals surface area contributed by atoms with Crippen LogP contribution < -0.4 is 5.32 Å². The second-order valence-electron chi connectivity index (χ2n) is 9.62. The second kappa shape index (κ2) is 13.3. The van der Waals surface area contributed by atoms with Gasteiger partial charge in [-0.2, -0.15) is 0 Å².